The van der Waals surface area contributed by atoms with Crippen LogP contribution >= 0.6 is 0 Å². The van der Waals surface area contributed by atoms with Crippen LogP contribution in [-0.4, -0.2) is 50.2 Å². The Labute approximate surface area is 257 Å². The molecule has 4 amide bonds. The van der Waals surface area contributed by atoms with Crippen LogP contribution in [0.25, 0.3) is 0 Å². The number of para-hydroxylation sites is 1. The number of urea groups is 1. The molecule has 1 aromatic heterocycles. The minimum absolute atomic E-state index is 0.0356. The van der Waals surface area contributed by atoms with Gasteiger partial charge in [0, 0.05) is 24.4 Å². The molecule has 0 saturated carbocycles. The Morgan fingerprint density at radius 3 is 2.29 bits per heavy atom. The largest absolute Gasteiger partial charge is 0.497 e. The Kier molecular flexibility index (Phi) is 11.0. The molecule has 4 aromatic rings. The lowest BCUT2D eigenvalue weighted by atomic mass is 10.2. The van der Waals surface area contributed by atoms with Gasteiger partial charge in [-0.3, -0.25) is 20.4 Å². The van der Waals surface area contributed by atoms with Gasteiger partial charge in [0.25, 0.3) is 11.8 Å². The molecule has 0 unspecified atom stereocenters. The zero-order valence-electron chi connectivity index (χ0n) is 24.3. The van der Waals surface area contributed by atoms with Crippen LogP contribution in [-0.2, 0) is 0 Å². The molecule has 0 aliphatic heterocycles. The zero-order chi connectivity index (χ0) is 32.2. The fourth-order valence-electron chi connectivity index (χ4n) is 3.90. The quantitative estimate of drug-likeness (QED) is 0.0798. The molecule has 0 aliphatic rings. The Bertz CT molecular complexity index is 1650. The number of nitrogens with one attached hydrogen (secondary N) is 5. The van der Waals surface area contributed by atoms with E-state index in [2.05, 4.69) is 31.8 Å². The van der Waals surface area contributed by atoms with E-state index in [1.165, 1.54) is 68.9 Å². The molecule has 0 radical (unpaired) electrons. The predicted molar refractivity (Wildman–Crippen MR) is 163 cm³/mol. The van der Waals surface area contributed by atoms with E-state index in [0.29, 0.717) is 17.9 Å². The molecular weight excluding hydrogens is 590 g/mol. The van der Waals surface area contributed by atoms with Gasteiger partial charge in [0.15, 0.2) is 0 Å². The number of benzene rings is 3. The van der Waals surface area contributed by atoms with E-state index in [4.69, 9.17) is 14.2 Å². The number of hydrazine groups is 1. The number of halogens is 2. The molecule has 3 aromatic carbocycles. The predicted octanol–water partition coefficient (Wildman–Crippen LogP) is 4.98. The Hall–Kier alpha value is -5.92. The van der Waals surface area contributed by atoms with E-state index < -0.39 is 29.6 Å². The number of ether oxygens (including phenoxy) is 3. The van der Waals surface area contributed by atoms with Crippen LogP contribution in [0.15, 0.2) is 79.0 Å². The van der Waals surface area contributed by atoms with Crippen molar-refractivity contribution in [1.29, 1.82) is 0 Å². The average Bonchev–Trinajstić information content (AvgIpc) is 3.05. The van der Waals surface area contributed by atoms with Crippen molar-refractivity contribution in [3.8, 4) is 17.2 Å². The maximum absolute atomic E-state index is 14.6. The van der Waals surface area contributed by atoms with Crippen molar-refractivity contribution < 1.29 is 37.4 Å². The molecule has 0 atom stereocenters. The molecule has 45 heavy (non-hydrogen) atoms. The van der Waals surface area contributed by atoms with Gasteiger partial charge in [-0.05, 0) is 61.0 Å². The summed E-state index contributed by atoms with van der Waals surface area (Å²) in [5.74, 6) is -1.62. The van der Waals surface area contributed by atoms with Crippen molar-refractivity contribution in [2.24, 2.45) is 0 Å². The third-order valence-corrected chi connectivity index (χ3v) is 6.23. The highest BCUT2D eigenvalue weighted by Crippen LogP contribution is 2.27. The van der Waals surface area contributed by atoms with E-state index in [1.54, 1.807) is 24.3 Å². The first-order valence-electron chi connectivity index (χ1n) is 13.6. The SMILES string of the molecule is COc1ccc(C(=O)Nc2c(NNC(=O)c3ccc(OC)cc3OCCCNC(=O)Nc3ccccc3F)ccnc2F)cc1. The molecule has 12 nitrogen and oxygen atoms in total. The van der Waals surface area contributed by atoms with Crippen LogP contribution in [0.1, 0.15) is 27.1 Å². The second-order valence-corrected chi connectivity index (χ2v) is 9.21. The summed E-state index contributed by atoms with van der Waals surface area (Å²) in [6.07, 6.45) is 1.52. The summed E-state index contributed by atoms with van der Waals surface area (Å²) < 4.78 is 44.5. The topological polar surface area (TPSA) is 152 Å². The van der Waals surface area contributed by atoms with Crippen LogP contribution in [0.4, 0.5) is 30.6 Å². The summed E-state index contributed by atoms with van der Waals surface area (Å²) in [6, 6.07) is 17.3. The number of methoxy groups -OCH3 is 2. The number of rotatable bonds is 13. The van der Waals surface area contributed by atoms with Crippen LogP contribution in [0.5, 0.6) is 17.2 Å². The van der Waals surface area contributed by atoms with Gasteiger partial charge < -0.3 is 30.2 Å². The maximum Gasteiger partial charge on any atom is 0.319 e. The van der Waals surface area contributed by atoms with E-state index in [9.17, 15) is 23.2 Å². The lowest BCUT2D eigenvalue weighted by Gasteiger charge is -2.16. The van der Waals surface area contributed by atoms with Crippen molar-refractivity contribution in [2.75, 3.05) is 43.4 Å². The number of aromatic nitrogens is 1. The summed E-state index contributed by atoms with van der Waals surface area (Å²) in [6.45, 7) is 0.309. The van der Waals surface area contributed by atoms with Crippen molar-refractivity contribution in [1.82, 2.24) is 15.7 Å². The van der Waals surface area contributed by atoms with Crippen LogP contribution < -0.4 is 41.0 Å². The molecule has 14 heteroatoms. The van der Waals surface area contributed by atoms with E-state index in [0.717, 1.165) is 0 Å². The van der Waals surface area contributed by atoms with E-state index in [1.807, 2.05) is 0 Å². The average molecular weight is 621 g/mol. The zero-order valence-corrected chi connectivity index (χ0v) is 24.3. The second-order valence-electron chi connectivity index (χ2n) is 9.21. The van der Waals surface area contributed by atoms with Crippen LogP contribution in [0, 0.1) is 11.8 Å². The highest BCUT2D eigenvalue weighted by atomic mass is 19.1. The van der Waals surface area contributed by atoms with Crippen molar-refractivity contribution in [3.63, 3.8) is 0 Å². The second kappa shape index (κ2) is 15.5. The maximum atomic E-state index is 14.6. The van der Waals surface area contributed by atoms with E-state index >= 15 is 0 Å². The fraction of sp³-hybridized carbons (Fsp3) is 0.161. The first-order chi connectivity index (χ1) is 21.8. The summed E-state index contributed by atoms with van der Waals surface area (Å²) in [5.41, 5.74) is 5.25. The molecular formula is C31H30F2N6O6. The lowest BCUT2D eigenvalue weighted by molar-refractivity contribution is 0.0958. The molecule has 0 spiro atoms. The molecule has 1 heterocycles. The van der Waals surface area contributed by atoms with Gasteiger partial charge >= 0.3 is 6.03 Å². The number of carbonyl (C=O) groups excluding carboxylic acids is 3. The van der Waals surface area contributed by atoms with E-state index in [-0.39, 0.29) is 47.1 Å². The number of hydrogen-bond acceptors (Lipinski definition) is 8. The van der Waals surface area contributed by atoms with Gasteiger partial charge in [-0.25, -0.2) is 14.2 Å². The monoisotopic (exact) mass is 620 g/mol. The third kappa shape index (κ3) is 8.79. The van der Waals surface area contributed by atoms with Crippen molar-refractivity contribution in [2.45, 2.75) is 6.42 Å². The number of pyridine rings is 1. The summed E-state index contributed by atoms with van der Waals surface area (Å²) in [4.78, 5) is 41.5. The van der Waals surface area contributed by atoms with Gasteiger partial charge in [0.05, 0.1) is 37.8 Å². The lowest BCUT2D eigenvalue weighted by Crippen LogP contribution is -2.31. The van der Waals surface area contributed by atoms with Gasteiger partial charge in [-0.15, -0.1) is 0 Å². The Morgan fingerprint density at radius 2 is 1.56 bits per heavy atom. The molecule has 5 N–H and O–H groups in total. The molecule has 234 valence electrons. The summed E-state index contributed by atoms with van der Waals surface area (Å²) >= 11 is 0. The van der Waals surface area contributed by atoms with Gasteiger partial charge in [-0.1, -0.05) is 12.1 Å². The van der Waals surface area contributed by atoms with Gasteiger partial charge in [0.1, 0.15) is 28.8 Å². The number of anilines is 3. The summed E-state index contributed by atoms with van der Waals surface area (Å²) in [7, 11) is 2.95. The highest BCUT2D eigenvalue weighted by Gasteiger charge is 2.18. The number of hydrogen-bond donors (Lipinski definition) is 5. The van der Waals surface area contributed by atoms with Gasteiger partial charge in [0.2, 0.25) is 5.95 Å². The molecule has 4 rings (SSSR count). The molecule has 0 saturated heterocycles. The third-order valence-electron chi connectivity index (χ3n) is 6.23. The molecule has 0 aliphatic carbocycles. The van der Waals surface area contributed by atoms with Crippen molar-refractivity contribution >= 4 is 34.9 Å². The molecule has 0 bridgehead atoms. The van der Waals surface area contributed by atoms with Crippen LogP contribution in [0.2, 0.25) is 0 Å². The summed E-state index contributed by atoms with van der Waals surface area (Å²) in [5, 5.41) is 7.48. The smallest absolute Gasteiger partial charge is 0.319 e. The number of carbonyl (C=O) groups is 3. The minimum atomic E-state index is -0.972. The van der Waals surface area contributed by atoms with Crippen molar-refractivity contribution in [3.05, 3.63) is 102 Å². The fourth-order valence-corrected chi connectivity index (χ4v) is 3.90. The number of nitrogens with zero attached hydrogens (tertiary/aromatic N) is 1. The minimum Gasteiger partial charge on any atom is -0.497 e. The highest BCUT2D eigenvalue weighted by molar-refractivity contribution is 6.06. The Morgan fingerprint density at radius 1 is 0.822 bits per heavy atom. The molecule has 0 fully saturated rings. The number of amides is 4. The van der Waals surface area contributed by atoms with Crippen LogP contribution in [0.3, 0.4) is 0 Å². The normalized spacial score (nSPS) is 10.3. The first-order valence-corrected chi connectivity index (χ1v) is 13.6. The standard InChI is InChI=1S/C31H30F2N6O6/c1-43-20-10-8-19(9-11-20)29(40)37-27-25(14-16-34-28(27)33)38-39-30(41)22-13-12-21(44-2)18-26(22)45-17-5-15-35-31(42)36-24-7-4-3-6-23(24)32/h3-4,6-14,16,18H,5,15,17H2,1-2H3,(H,34,38)(H,37,40)(H,39,41)(H2,35,36,42). The van der Waals surface area contributed by atoms with Gasteiger partial charge in [-0.2, -0.15) is 4.39 Å². The first kappa shape index (κ1) is 32.0. The Balaban J connectivity index is 1.35.